The van der Waals surface area contributed by atoms with Crippen LogP contribution in [0, 0.1) is 0 Å². The van der Waals surface area contributed by atoms with Gasteiger partial charge in [-0.25, -0.2) is 4.98 Å². The Morgan fingerprint density at radius 3 is 2.69 bits per heavy atom. The van der Waals surface area contributed by atoms with Gasteiger partial charge in [0.1, 0.15) is 5.82 Å². The van der Waals surface area contributed by atoms with Gasteiger partial charge in [0.15, 0.2) is 0 Å². The van der Waals surface area contributed by atoms with Gasteiger partial charge >= 0.3 is 6.18 Å². The first kappa shape index (κ1) is 20.8. The van der Waals surface area contributed by atoms with Crippen molar-refractivity contribution in [2.24, 2.45) is 7.05 Å². The largest absolute Gasteiger partial charge is 0.416 e. The Morgan fingerprint density at radius 2 is 1.94 bits per heavy atom. The van der Waals surface area contributed by atoms with E-state index in [9.17, 15) is 18.0 Å². The molecule has 5 nitrogen and oxygen atoms in total. The lowest BCUT2D eigenvalue weighted by Crippen LogP contribution is -2.25. The second-order valence-electron chi connectivity index (χ2n) is 7.57. The van der Waals surface area contributed by atoms with Crippen molar-refractivity contribution in [3.8, 4) is 0 Å². The monoisotopic (exact) mass is 456 g/mol. The van der Waals surface area contributed by atoms with E-state index >= 15 is 0 Å². The number of carbonyl (C=O) groups is 1. The number of fused-ring (bicyclic) bond motifs is 1. The molecule has 1 N–H and O–H groups in total. The Morgan fingerprint density at radius 1 is 1.12 bits per heavy atom. The van der Waals surface area contributed by atoms with E-state index in [4.69, 9.17) is 0 Å². The fourth-order valence-corrected chi connectivity index (χ4v) is 4.96. The van der Waals surface area contributed by atoms with Gasteiger partial charge in [-0.15, -0.1) is 0 Å². The zero-order chi connectivity index (χ0) is 22.6. The summed E-state index contributed by atoms with van der Waals surface area (Å²) in [5.74, 6) is 0.645. The molecular formula is C23H19F3N4OS. The van der Waals surface area contributed by atoms with Gasteiger partial charge < -0.3 is 9.47 Å². The highest BCUT2D eigenvalue weighted by atomic mass is 32.2. The number of halogens is 3. The third kappa shape index (κ3) is 3.23. The van der Waals surface area contributed by atoms with Crippen LogP contribution in [-0.4, -0.2) is 22.0 Å². The van der Waals surface area contributed by atoms with Gasteiger partial charge in [0.25, 0.3) is 5.91 Å². The van der Waals surface area contributed by atoms with Crippen molar-refractivity contribution in [3.63, 3.8) is 0 Å². The topological polar surface area (TPSA) is 50.2 Å². The molecule has 9 heteroatoms. The number of benzene rings is 3. The summed E-state index contributed by atoms with van der Waals surface area (Å²) in [5.41, 5.74) is 1.87. The number of imidazole rings is 1. The summed E-state index contributed by atoms with van der Waals surface area (Å²) in [6, 6.07) is 13.2. The van der Waals surface area contributed by atoms with Gasteiger partial charge in [0.2, 0.25) is 0 Å². The number of nitrogens with zero attached hydrogens (tertiary/aromatic N) is 3. The molecule has 32 heavy (non-hydrogen) atoms. The lowest BCUT2D eigenvalue weighted by atomic mass is 10.1. The summed E-state index contributed by atoms with van der Waals surface area (Å²) in [4.78, 5) is 19.8. The minimum absolute atomic E-state index is 0.0149. The molecule has 0 radical (unpaired) electrons. The average Bonchev–Trinajstić information content (AvgIpc) is 3.23. The fraction of sp³-hybridized carbons (Fsp3) is 0.217. The molecule has 1 aliphatic heterocycles. The van der Waals surface area contributed by atoms with Gasteiger partial charge in [-0.3, -0.25) is 9.52 Å². The summed E-state index contributed by atoms with van der Waals surface area (Å²) in [6.45, 7) is 2.92. The van der Waals surface area contributed by atoms with E-state index in [2.05, 4.69) is 9.71 Å². The van der Waals surface area contributed by atoms with Crippen molar-refractivity contribution in [3.05, 3.63) is 65.5 Å². The van der Waals surface area contributed by atoms with Crippen molar-refractivity contribution in [1.29, 1.82) is 0 Å². The summed E-state index contributed by atoms with van der Waals surface area (Å²) in [7, 11) is 1.79. The molecule has 0 spiro atoms. The number of amides is 1. The van der Waals surface area contributed by atoms with Crippen molar-refractivity contribution in [1.82, 2.24) is 14.3 Å². The molecular weight excluding hydrogens is 437 g/mol. The number of nitrogens with one attached hydrogen (secondary N) is 1. The van der Waals surface area contributed by atoms with Crippen LogP contribution in [0.3, 0.4) is 0 Å². The third-order valence-corrected chi connectivity index (χ3v) is 6.64. The molecule has 1 aliphatic rings. The summed E-state index contributed by atoms with van der Waals surface area (Å²) >= 11 is 1.41. The van der Waals surface area contributed by atoms with Crippen LogP contribution >= 0.6 is 11.9 Å². The summed E-state index contributed by atoms with van der Waals surface area (Å²) in [5, 5.41) is 1.94. The van der Waals surface area contributed by atoms with Crippen molar-refractivity contribution in [2.45, 2.75) is 24.5 Å². The van der Waals surface area contributed by atoms with Gasteiger partial charge in [0.05, 0.1) is 28.8 Å². The van der Waals surface area contributed by atoms with Crippen LogP contribution in [0.2, 0.25) is 0 Å². The van der Waals surface area contributed by atoms with E-state index in [-0.39, 0.29) is 5.91 Å². The van der Waals surface area contributed by atoms with Crippen LogP contribution < -0.4 is 9.62 Å². The van der Waals surface area contributed by atoms with Crippen LogP contribution in [0.5, 0.6) is 0 Å². The highest BCUT2D eigenvalue weighted by Gasteiger charge is 2.31. The van der Waals surface area contributed by atoms with E-state index in [0.717, 1.165) is 33.5 Å². The van der Waals surface area contributed by atoms with Gasteiger partial charge in [-0.1, -0.05) is 12.1 Å². The molecule has 1 amide bonds. The number of hydrogen-bond acceptors (Lipinski definition) is 4. The lowest BCUT2D eigenvalue weighted by Gasteiger charge is -2.15. The van der Waals surface area contributed by atoms with Crippen molar-refractivity contribution in [2.75, 3.05) is 11.4 Å². The van der Waals surface area contributed by atoms with E-state index < -0.39 is 11.7 Å². The Hall–Kier alpha value is -3.04. The predicted octanol–water partition coefficient (Wildman–Crippen LogP) is 5.52. The first-order valence-corrected chi connectivity index (χ1v) is 10.9. The smallest absolute Gasteiger partial charge is 0.330 e. The maximum atomic E-state index is 13.0. The first-order chi connectivity index (χ1) is 15.3. The van der Waals surface area contributed by atoms with Crippen LogP contribution in [0.15, 0.2) is 53.4 Å². The molecule has 164 valence electrons. The average molecular weight is 456 g/mol. The van der Waals surface area contributed by atoms with Crippen LogP contribution in [-0.2, 0) is 19.8 Å². The Balaban J connectivity index is 1.40. The summed E-state index contributed by atoms with van der Waals surface area (Å²) < 4.78 is 44.0. The zero-order valence-electron chi connectivity index (χ0n) is 17.3. The van der Waals surface area contributed by atoms with Crippen LogP contribution in [0.25, 0.3) is 21.8 Å². The minimum atomic E-state index is -4.40. The first-order valence-electron chi connectivity index (χ1n) is 10.1. The number of rotatable bonds is 5. The molecule has 3 aromatic carbocycles. The van der Waals surface area contributed by atoms with Gasteiger partial charge in [-0.05, 0) is 60.7 Å². The number of anilines is 1. The molecule has 4 aromatic rings. The number of aromatic nitrogens is 2. The van der Waals surface area contributed by atoms with Crippen LogP contribution in [0.1, 0.15) is 28.7 Å². The van der Waals surface area contributed by atoms with E-state index in [1.165, 1.54) is 18.0 Å². The molecule has 2 heterocycles. The molecule has 5 rings (SSSR count). The molecule has 0 saturated heterocycles. The maximum absolute atomic E-state index is 13.0. The van der Waals surface area contributed by atoms with Crippen LogP contribution in [0.4, 0.5) is 18.9 Å². The van der Waals surface area contributed by atoms with Crippen molar-refractivity contribution >= 4 is 45.3 Å². The second-order valence-corrected chi connectivity index (χ2v) is 8.50. The predicted molar refractivity (Wildman–Crippen MR) is 120 cm³/mol. The second kappa shape index (κ2) is 7.53. The summed E-state index contributed by atoms with van der Waals surface area (Å²) in [6.07, 6.45) is -4.40. The van der Waals surface area contributed by atoms with Crippen molar-refractivity contribution < 1.29 is 18.0 Å². The number of hydrogen-bond donors (Lipinski definition) is 1. The van der Waals surface area contributed by atoms with E-state index in [1.807, 2.05) is 37.3 Å². The van der Waals surface area contributed by atoms with Gasteiger partial charge in [-0.2, -0.15) is 13.2 Å². The molecule has 0 fully saturated rings. The normalized spacial score (nSPS) is 13.7. The number of carbonyl (C=O) groups excluding carboxylic acids is 1. The minimum Gasteiger partial charge on any atom is -0.330 e. The Kier molecular flexibility index (Phi) is 4.90. The molecule has 0 aliphatic carbocycles. The maximum Gasteiger partial charge on any atom is 0.416 e. The number of aryl methyl sites for hydroxylation is 1. The zero-order valence-corrected chi connectivity index (χ0v) is 18.1. The van der Waals surface area contributed by atoms with Gasteiger partial charge in [0, 0.05) is 29.4 Å². The number of alkyl halides is 3. The molecule has 0 unspecified atom stereocenters. The van der Waals surface area contributed by atoms with E-state index in [0.29, 0.717) is 35.5 Å². The molecule has 0 saturated carbocycles. The highest BCUT2D eigenvalue weighted by molar-refractivity contribution is 7.97. The Bertz CT molecular complexity index is 1380. The SMILES string of the molecule is CCN1C(=O)c2cccc3c(SNCc4nc5cc(C(F)(F)F)ccc5n4C)ccc1c23. The molecule has 0 bridgehead atoms. The molecule has 0 atom stereocenters. The standard InChI is InChI=1S/C23H19F3N4OS/c1-3-30-18-9-10-19(14-5-4-6-15(21(14)18)22(30)31)32-27-12-20-28-16-11-13(23(24,25)26)7-8-17(16)29(20)2/h4-11,27H,3,12H2,1-2H3. The Labute approximate surface area is 186 Å². The third-order valence-electron chi connectivity index (χ3n) is 5.77. The quantitative estimate of drug-likeness (QED) is 0.402. The lowest BCUT2D eigenvalue weighted by molar-refractivity contribution is -0.137. The molecule has 1 aromatic heterocycles. The van der Waals surface area contributed by atoms with E-state index in [1.54, 1.807) is 16.5 Å². The fourth-order valence-electron chi connectivity index (χ4n) is 4.18. The highest BCUT2D eigenvalue weighted by Crippen LogP contribution is 2.41.